The number of aromatic nitrogens is 1. The number of anilines is 1. The highest BCUT2D eigenvalue weighted by atomic mass is 16.5. The van der Waals surface area contributed by atoms with E-state index in [4.69, 9.17) is 4.74 Å². The monoisotopic (exact) mass is 278 g/mol. The Hall–Kier alpha value is -2.88. The van der Waals surface area contributed by atoms with Crippen LogP contribution in [0.3, 0.4) is 0 Å². The summed E-state index contributed by atoms with van der Waals surface area (Å²) in [6, 6.07) is 18.9. The fourth-order valence-corrected chi connectivity index (χ4v) is 2.12. The first-order valence-corrected chi connectivity index (χ1v) is 6.57. The summed E-state index contributed by atoms with van der Waals surface area (Å²) in [4.78, 5) is 16.3. The third-order valence-corrected chi connectivity index (χ3v) is 3.17. The highest BCUT2D eigenvalue weighted by Crippen LogP contribution is 2.19. The largest absolute Gasteiger partial charge is 0.481 e. The Morgan fingerprint density at radius 1 is 1.00 bits per heavy atom. The van der Waals surface area contributed by atoms with E-state index < -0.39 is 0 Å². The van der Waals surface area contributed by atoms with Gasteiger partial charge in [-0.3, -0.25) is 4.79 Å². The number of pyridine rings is 1. The summed E-state index contributed by atoms with van der Waals surface area (Å²) >= 11 is 0. The lowest BCUT2D eigenvalue weighted by atomic mass is 10.1. The van der Waals surface area contributed by atoms with Crippen molar-refractivity contribution in [1.29, 1.82) is 0 Å². The molecule has 0 saturated carbocycles. The van der Waals surface area contributed by atoms with Gasteiger partial charge < -0.3 is 10.1 Å². The normalized spacial score (nSPS) is 10.3. The number of ether oxygens (including phenoxy) is 1. The van der Waals surface area contributed by atoms with Crippen molar-refractivity contribution in [2.24, 2.45) is 0 Å². The number of nitrogens with zero attached hydrogens (tertiary/aromatic N) is 1. The molecule has 0 saturated heterocycles. The molecule has 0 radical (unpaired) electrons. The summed E-state index contributed by atoms with van der Waals surface area (Å²) < 4.78 is 5.02. The Labute approximate surface area is 122 Å². The van der Waals surface area contributed by atoms with Crippen LogP contribution in [-0.2, 0) is 0 Å². The molecule has 0 spiro atoms. The van der Waals surface area contributed by atoms with Crippen LogP contribution in [0.15, 0.2) is 60.7 Å². The van der Waals surface area contributed by atoms with Crippen molar-refractivity contribution in [3.63, 3.8) is 0 Å². The van der Waals surface area contributed by atoms with E-state index in [9.17, 15) is 4.79 Å². The molecule has 0 aliphatic rings. The smallest absolute Gasteiger partial charge is 0.274 e. The molecule has 0 bridgehead atoms. The number of carbonyl (C=O) groups is 1. The molecule has 0 fully saturated rings. The molecule has 3 aromatic rings. The van der Waals surface area contributed by atoms with Gasteiger partial charge >= 0.3 is 0 Å². The standard InChI is InChI=1S/C17H14N2O2/c1-21-16-8-4-7-15(19-16)17(20)18-14-10-9-12-5-2-3-6-13(12)11-14/h2-11H,1H3,(H,18,20). The number of amides is 1. The van der Waals surface area contributed by atoms with Crippen LogP contribution in [0, 0.1) is 0 Å². The second-order valence-electron chi connectivity index (χ2n) is 4.58. The van der Waals surface area contributed by atoms with E-state index in [0.29, 0.717) is 11.6 Å². The maximum atomic E-state index is 12.2. The summed E-state index contributed by atoms with van der Waals surface area (Å²) in [7, 11) is 1.52. The van der Waals surface area contributed by atoms with E-state index in [0.717, 1.165) is 16.5 Å². The number of methoxy groups -OCH3 is 1. The summed E-state index contributed by atoms with van der Waals surface area (Å²) in [5.41, 5.74) is 1.06. The molecular weight excluding hydrogens is 264 g/mol. The fraction of sp³-hybridized carbons (Fsp3) is 0.0588. The van der Waals surface area contributed by atoms with Gasteiger partial charge in [0.2, 0.25) is 5.88 Å². The van der Waals surface area contributed by atoms with Crippen LogP contribution in [0.25, 0.3) is 10.8 Å². The number of hydrogen-bond acceptors (Lipinski definition) is 3. The number of carbonyl (C=O) groups excluding carboxylic acids is 1. The first-order valence-electron chi connectivity index (χ1n) is 6.57. The van der Waals surface area contributed by atoms with E-state index in [1.54, 1.807) is 18.2 Å². The van der Waals surface area contributed by atoms with Crippen LogP contribution < -0.4 is 10.1 Å². The molecule has 1 amide bonds. The molecule has 1 aromatic heterocycles. The summed E-state index contributed by atoms with van der Waals surface area (Å²) in [5.74, 6) is 0.158. The van der Waals surface area contributed by atoms with Crippen molar-refractivity contribution in [1.82, 2.24) is 4.98 Å². The van der Waals surface area contributed by atoms with Crippen LogP contribution >= 0.6 is 0 Å². The molecule has 21 heavy (non-hydrogen) atoms. The van der Waals surface area contributed by atoms with Gasteiger partial charge in [0, 0.05) is 11.8 Å². The SMILES string of the molecule is COc1cccc(C(=O)Nc2ccc3ccccc3c2)n1. The second kappa shape index (κ2) is 5.63. The van der Waals surface area contributed by atoms with Crippen molar-refractivity contribution in [2.45, 2.75) is 0 Å². The van der Waals surface area contributed by atoms with Crippen LogP contribution in [0.1, 0.15) is 10.5 Å². The van der Waals surface area contributed by atoms with Crippen molar-refractivity contribution in [2.75, 3.05) is 12.4 Å². The summed E-state index contributed by atoms with van der Waals surface area (Å²) in [5, 5.41) is 5.06. The zero-order valence-electron chi connectivity index (χ0n) is 11.5. The quantitative estimate of drug-likeness (QED) is 0.797. The number of benzene rings is 2. The summed E-state index contributed by atoms with van der Waals surface area (Å²) in [6.45, 7) is 0. The molecular formula is C17H14N2O2. The van der Waals surface area contributed by atoms with E-state index in [1.807, 2.05) is 42.5 Å². The van der Waals surface area contributed by atoms with Crippen LogP contribution in [0.2, 0.25) is 0 Å². The highest BCUT2D eigenvalue weighted by molar-refractivity contribution is 6.04. The third kappa shape index (κ3) is 2.84. The zero-order chi connectivity index (χ0) is 14.7. The van der Waals surface area contributed by atoms with E-state index in [-0.39, 0.29) is 5.91 Å². The molecule has 0 aliphatic carbocycles. The van der Waals surface area contributed by atoms with Gasteiger partial charge in [-0.15, -0.1) is 0 Å². The molecule has 4 heteroatoms. The predicted molar refractivity (Wildman–Crippen MR) is 82.7 cm³/mol. The Bertz CT molecular complexity index is 799. The minimum absolute atomic E-state index is 0.260. The Morgan fingerprint density at radius 2 is 1.81 bits per heavy atom. The number of nitrogens with one attached hydrogen (secondary N) is 1. The van der Waals surface area contributed by atoms with Gasteiger partial charge in [0.05, 0.1) is 7.11 Å². The van der Waals surface area contributed by atoms with E-state index >= 15 is 0 Å². The average molecular weight is 278 g/mol. The third-order valence-electron chi connectivity index (χ3n) is 3.17. The minimum atomic E-state index is -0.260. The molecule has 0 aliphatic heterocycles. The van der Waals surface area contributed by atoms with Gasteiger partial charge in [0.15, 0.2) is 0 Å². The Morgan fingerprint density at radius 3 is 2.62 bits per heavy atom. The van der Waals surface area contributed by atoms with E-state index in [1.165, 1.54) is 7.11 Å². The van der Waals surface area contributed by atoms with Crippen molar-refractivity contribution < 1.29 is 9.53 Å². The van der Waals surface area contributed by atoms with Gasteiger partial charge in [0.25, 0.3) is 5.91 Å². The lowest BCUT2D eigenvalue weighted by Crippen LogP contribution is -2.13. The maximum Gasteiger partial charge on any atom is 0.274 e. The fourth-order valence-electron chi connectivity index (χ4n) is 2.12. The van der Waals surface area contributed by atoms with Crippen molar-refractivity contribution in [3.8, 4) is 5.88 Å². The Kier molecular flexibility index (Phi) is 3.51. The molecule has 0 unspecified atom stereocenters. The van der Waals surface area contributed by atoms with Gasteiger partial charge in [-0.25, -0.2) is 4.98 Å². The zero-order valence-corrected chi connectivity index (χ0v) is 11.5. The van der Waals surface area contributed by atoms with Gasteiger partial charge in [-0.05, 0) is 29.0 Å². The maximum absolute atomic E-state index is 12.2. The van der Waals surface area contributed by atoms with Crippen molar-refractivity contribution >= 4 is 22.4 Å². The van der Waals surface area contributed by atoms with Gasteiger partial charge in [-0.1, -0.05) is 36.4 Å². The molecule has 104 valence electrons. The van der Waals surface area contributed by atoms with Crippen LogP contribution in [0.4, 0.5) is 5.69 Å². The first kappa shape index (κ1) is 13.1. The van der Waals surface area contributed by atoms with Crippen LogP contribution in [0.5, 0.6) is 5.88 Å². The first-order chi connectivity index (χ1) is 10.3. The average Bonchev–Trinajstić information content (AvgIpc) is 2.54. The molecule has 1 N–H and O–H groups in total. The minimum Gasteiger partial charge on any atom is -0.481 e. The lowest BCUT2D eigenvalue weighted by molar-refractivity contribution is 0.102. The molecule has 3 rings (SSSR count). The molecule has 0 atom stereocenters. The predicted octanol–water partition coefficient (Wildman–Crippen LogP) is 3.50. The molecule has 1 heterocycles. The van der Waals surface area contributed by atoms with E-state index in [2.05, 4.69) is 10.3 Å². The number of fused-ring (bicyclic) bond motifs is 1. The van der Waals surface area contributed by atoms with Crippen molar-refractivity contribution in [3.05, 3.63) is 66.4 Å². The van der Waals surface area contributed by atoms with Gasteiger partial charge in [0.1, 0.15) is 5.69 Å². The molecule has 2 aromatic carbocycles. The molecule has 4 nitrogen and oxygen atoms in total. The second-order valence-corrected chi connectivity index (χ2v) is 4.58. The number of hydrogen-bond donors (Lipinski definition) is 1. The topological polar surface area (TPSA) is 51.2 Å². The highest BCUT2D eigenvalue weighted by Gasteiger charge is 2.09. The lowest BCUT2D eigenvalue weighted by Gasteiger charge is -2.07. The number of rotatable bonds is 3. The van der Waals surface area contributed by atoms with Crippen LogP contribution in [-0.4, -0.2) is 18.0 Å². The summed E-state index contributed by atoms with van der Waals surface area (Å²) in [6.07, 6.45) is 0. The Balaban J connectivity index is 1.85. The van der Waals surface area contributed by atoms with Gasteiger partial charge in [-0.2, -0.15) is 0 Å².